The van der Waals surface area contributed by atoms with E-state index in [4.69, 9.17) is 9.84 Å². The maximum absolute atomic E-state index is 9.05. The summed E-state index contributed by atoms with van der Waals surface area (Å²) >= 11 is 1.64. The van der Waals surface area contributed by atoms with Gasteiger partial charge in [0.05, 0.1) is 13.7 Å². The van der Waals surface area contributed by atoms with Crippen molar-refractivity contribution in [1.82, 2.24) is 0 Å². The first-order valence-electron chi connectivity index (χ1n) is 4.00. The summed E-state index contributed by atoms with van der Waals surface area (Å²) in [6, 6.07) is 5.90. The lowest BCUT2D eigenvalue weighted by molar-refractivity contribution is 0.284. The molecule has 0 aliphatic carbocycles. The molecule has 2 aromatic rings. The predicted octanol–water partition coefficient (Wildman–Crippen LogP) is 2.40. The van der Waals surface area contributed by atoms with Crippen molar-refractivity contribution in [3.05, 3.63) is 29.1 Å². The lowest BCUT2D eigenvalue weighted by atomic mass is 10.2. The van der Waals surface area contributed by atoms with E-state index in [-0.39, 0.29) is 6.61 Å². The molecule has 2 rings (SSSR count). The van der Waals surface area contributed by atoms with Gasteiger partial charge in [-0.15, -0.1) is 11.3 Å². The van der Waals surface area contributed by atoms with Gasteiger partial charge >= 0.3 is 0 Å². The minimum absolute atomic E-state index is 0.0904. The largest absolute Gasteiger partial charge is 0.497 e. The molecule has 0 saturated heterocycles. The van der Waals surface area contributed by atoms with E-state index in [1.807, 2.05) is 23.6 Å². The van der Waals surface area contributed by atoms with E-state index in [0.717, 1.165) is 16.7 Å². The van der Waals surface area contributed by atoms with Crippen LogP contribution in [-0.2, 0) is 6.61 Å². The fraction of sp³-hybridized carbons (Fsp3) is 0.200. The summed E-state index contributed by atoms with van der Waals surface area (Å²) < 4.78 is 6.30. The number of ether oxygens (including phenoxy) is 1. The van der Waals surface area contributed by atoms with Crippen LogP contribution < -0.4 is 4.74 Å². The van der Waals surface area contributed by atoms with Crippen molar-refractivity contribution in [2.75, 3.05) is 7.11 Å². The number of aliphatic hydroxyl groups excluding tert-OH is 1. The molecule has 0 saturated carbocycles. The summed E-state index contributed by atoms with van der Waals surface area (Å²) in [5, 5.41) is 12.1. The zero-order chi connectivity index (χ0) is 9.26. The summed E-state index contributed by atoms with van der Waals surface area (Å²) in [5.74, 6) is 0.834. The summed E-state index contributed by atoms with van der Waals surface area (Å²) in [5.41, 5.74) is 0.971. The van der Waals surface area contributed by atoms with E-state index in [1.165, 1.54) is 4.70 Å². The molecule has 0 fully saturated rings. The van der Waals surface area contributed by atoms with Crippen LogP contribution in [0.2, 0.25) is 0 Å². The first-order chi connectivity index (χ1) is 6.35. The molecule has 2 nitrogen and oxygen atoms in total. The van der Waals surface area contributed by atoms with E-state index in [2.05, 4.69) is 0 Å². The number of hydrogen-bond acceptors (Lipinski definition) is 3. The van der Waals surface area contributed by atoms with Gasteiger partial charge in [-0.1, -0.05) is 0 Å². The van der Waals surface area contributed by atoms with E-state index in [1.54, 1.807) is 18.4 Å². The molecular formula is C10H10O2S. The van der Waals surface area contributed by atoms with Crippen LogP contribution >= 0.6 is 11.3 Å². The van der Waals surface area contributed by atoms with Gasteiger partial charge in [-0.05, 0) is 29.1 Å². The smallest absolute Gasteiger partial charge is 0.119 e. The number of rotatable bonds is 2. The molecular weight excluding hydrogens is 184 g/mol. The number of aliphatic hydroxyl groups is 1. The minimum atomic E-state index is 0.0904. The molecule has 0 atom stereocenters. The Labute approximate surface area is 80.4 Å². The van der Waals surface area contributed by atoms with E-state index in [9.17, 15) is 0 Å². The van der Waals surface area contributed by atoms with Crippen molar-refractivity contribution in [3.63, 3.8) is 0 Å². The molecule has 13 heavy (non-hydrogen) atoms. The summed E-state index contributed by atoms with van der Waals surface area (Å²) in [7, 11) is 1.64. The van der Waals surface area contributed by atoms with Crippen molar-refractivity contribution < 1.29 is 9.84 Å². The van der Waals surface area contributed by atoms with Crippen LogP contribution in [0.3, 0.4) is 0 Å². The Morgan fingerprint density at radius 3 is 3.00 bits per heavy atom. The molecule has 0 aliphatic rings. The zero-order valence-corrected chi connectivity index (χ0v) is 8.10. The highest BCUT2D eigenvalue weighted by Crippen LogP contribution is 2.29. The van der Waals surface area contributed by atoms with Gasteiger partial charge in [-0.3, -0.25) is 0 Å². The van der Waals surface area contributed by atoms with Crippen LogP contribution in [0.1, 0.15) is 5.56 Å². The Morgan fingerprint density at radius 2 is 2.31 bits per heavy atom. The van der Waals surface area contributed by atoms with Crippen molar-refractivity contribution in [2.24, 2.45) is 0 Å². The quantitative estimate of drug-likeness (QED) is 0.795. The van der Waals surface area contributed by atoms with Crippen molar-refractivity contribution in [3.8, 4) is 5.75 Å². The standard InChI is InChI=1S/C10H10O2S/c1-12-8-2-3-10-9(4-8)7(5-11)6-13-10/h2-4,6,11H,5H2,1H3. The maximum atomic E-state index is 9.05. The predicted molar refractivity (Wildman–Crippen MR) is 54.3 cm³/mol. The third-order valence-electron chi connectivity index (χ3n) is 2.03. The third-order valence-corrected chi connectivity index (χ3v) is 3.04. The Morgan fingerprint density at radius 1 is 1.46 bits per heavy atom. The van der Waals surface area contributed by atoms with Crippen LogP contribution in [-0.4, -0.2) is 12.2 Å². The molecule has 0 radical (unpaired) electrons. The van der Waals surface area contributed by atoms with Crippen LogP contribution in [0.5, 0.6) is 5.75 Å². The van der Waals surface area contributed by atoms with E-state index < -0.39 is 0 Å². The zero-order valence-electron chi connectivity index (χ0n) is 7.28. The summed E-state index contributed by atoms with van der Waals surface area (Å²) in [4.78, 5) is 0. The van der Waals surface area contributed by atoms with Gasteiger partial charge < -0.3 is 9.84 Å². The van der Waals surface area contributed by atoms with Crippen molar-refractivity contribution in [2.45, 2.75) is 6.61 Å². The Balaban J connectivity index is 2.64. The average Bonchev–Trinajstić information content (AvgIpc) is 2.59. The molecule has 0 spiro atoms. The number of methoxy groups -OCH3 is 1. The summed E-state index contributed by atoms with van der Waals surface area (Å²) in [6.07, 6.45) is 0. The molecule has 3 heteroatoms. The molecule has 0 unspecified atom stereocenters. The van der Waals surface area contributed by atoms with Gasteiger partial charge in [0.1, 0.15) is 5.75 Å². The van der Waals surface area contributed by atoms with Crippen LogP contribution in [0.15, 0.2) is 23.6 Å². The number of fused-ring (bicyclic) bond motifs is 1. The second kappa shape index (κ2) is 3.36. The first-order valence-corrected chi connectivity index (χ1v) is 4.88. The highest BCUT2D eigenvalue weighted by molar-refractivity contribution is 7.17. The molecule has 1 aromatic heterocycles. The topological polar surface area (TPSA) is 29.5 Å². The number of hydrogen-bond donors (Lipinski definition) is 1. The SMILES string of the molecule is COc1ccc2scc(CO)c2c1. The van der Waals surface area contributed by atoms with Crippen molar-refractivity contribution >= 4 is 21.4 Å². The highest BCUT2D eigenvalue weighted by Gasteiger charge is 2.03. The molecule has 68 valence electrons. The minimum Gasteiger partial charge on any atom is -0.497 e. The molecule has 0 aliphatic heterocycles. The number of benzene rings is 1. The van der Waals surface area contributed by atoms with E-state index in [0.29, 0.717) is 0 Å². The Hall–Kier alpha value is -1.06. The lowest BCUT2D eigenvalue weighted by Gasteiger charge is -1.99. The van der Waals surface area contributed by atoms with Gasteiger partial charge in [-0.25, -0.2) is 0 Å². The van der Waals surface area contributed by atoms with E-state index >= 15 is 0 Å². The Kier molecular flexibility index (Phi) is 2.20. The van der Waals surface area contributed by atoms with Crippen LogP contribution in [0.25, 0.3) is 10.1 Å². The Bertz CT molecular complexity index is 420. The molecule has 0 amide bonds. The van der Waals surface area contributed by atoms with Gasteiger partial charge in [0.2, 0.25) is 0 Å². The molecule has 1 aromatic carbocycles. The second-order valence-electron chi connectivity index (χ2n) is 2.78. The molecule has 1 heterocycles. The van der Waals surface area contributed by atoms with Gasteiger partial charge in [-0.2, -0.15) is 0 Å². The normalized spacial score (nSPS) is 10.6. The second-order valence-corrected chi connectivity index (χ2v) is 3.69. The first kappa shape index (κ1) is 8.53. The number of thiophene rings is 1. The lowest BCUT2D eigenvalue weighted by Crippen LogP contribution is -1.83. The molecule has 1 N–H and O–H groups in total. The highest BCUT2D eigenvalue weighted by atomic mass is 32.1. The third kappa shape index (κ3) is 1.41. The van der Waals surface area contributed by atoms with Crippen LogP contribution in [0.4, 0.5) is 0 Å². The summed E-state index contributed by atoms with van der Waals surface area (Å²) in [6.45, 7) is 0.0904. The fourth-order valence-electron chi connectivity index (χ4n) is 1.31. The van der Waals surface area contributed by atoms with Gasteiger partial charge in [0.15, 0.2) is 0 Å². The maximum Gasteiger partial charge on any atom is 0.119 e. The average molecular weight is 194 g/mol. The monoisotopic (exact) mass is 194 g/mol. The van der Waals surface area contributed by atoms with Crippen molar-refractivity contribution in [1.29, 1.82) is 0 Å². The van der Waals surface area contributed by atoms with Gasteiger partial charge in [0, 0.05) is 10.1 Å². The molecule has 0 bridgehead atoms. The van der Waals surface area contributed by atoms with Crippen LogP contribution in [0, 0.1) is 0 Å². The van der Waals surface area contributed by atoms with Gasteiger partial charge in [0.25, 0.3) is 0 Å². The fourth-order valence-corrected chi connectivity index (χ4v) is 2.24.